The zero-order valence-corrected chi connectivity index (χ0v) is 14.0. The van der Waals surface area contributed by atoms with E-state index in [4.69, 9.17) is 9.26 Å². The number of hydrogen-bond donors (Lipinski definition) is 1. The number of anilines is 1. The summed E-state index contributed by atoms with van der Waals surface area (Å²) >= 11 is 1.20. The summed E-state index contributed by atoms with van der Waals surface area (Å²) in [4.78, 5) is 24.5. The van der Waals surface area contributed by atoms with Crippen LogP contribution in [0.25, 0.3) is 0 Å². The molecule has 2 rings (SSSR count). The number of hydrogen-bond acceptors (Lipinski definition) is 6. The molecule has 1 amide bonds. The summed E-state index contributed by atoms with van der Waals surface area (Å²) in [6.07, 6.45) is 0. The van der Waals surface area contributed by atoms with Crippen LogP contribution in [0.5, 0.6) is 0 Å². The van der Waals surface area contributed by atoms with Crippen molar-refractivity contribution >= 4 is 28.2 Å². The third-order valence-electron chi connectivity index (χ3n) is 3.45. The van der Waals surface area contributed by atoms with Crippen LogP contribution < -0.4 is 5.32 Å². The van der Waals surface area contributed by atoms with Crippen LogP contribution in [-0.2, 0) is 9.53 Å². The molecule has 0 spiro atoms. The quantitative estimate of drug-likeness (QED) is 0.874. The van der Waals surface area contributed by atoms with Crippen molar-refractivity contribution in [3.05, 3.63) is 33.5 Å². The van der Waals surface area contributed by atoms with Crippen LogP contribution >= 0.6 is 11.3 Å². The third kappa shape index (κ3) is 3.04. The molecule has 1 atom stereocenters. The Morgan fingerprint density at radius 1 is 1.36 bits per heavy atom. The number of aromatic nitrogens is 1. The normalized spacial score (nSPS) is 12.0. The number of nitrogens with one attached hydrogen (secondary N) is 1. The molecule has 0 unspecified atom stereocenters. The zero-order chi connectivity index (χ0) is 16.4. The number of carbonyl (C=O) groups excluding carboxylic acids is 2. The van der Waals surface area contributed by atoms with Gasteiger partial charge in [-0.05, 0) is 39.3 Å². The van der Waals surface area contributed by atoms with Crippen molar-refractivity contribution in [2.75, 3.05) is 12.4 Å². The molecule has 0 aliphatic rings. The molecule has 118 valence electrons. The van der Waals surface area contributed by atoms with Gasteiger partial charge in [-0.15, -0.1) is 11.3 Å². The van der Waals surface area contributed by atoms with Gasteiger partial charge in [0.05, 0.1) is 23.7 Å². The van der Waals surface area contributed by atoms with E-state index in [1.807, 2.05) is 0 Å². The van der Waals surface area contributed by atoms with Crippen LogP contribution in [0.1, 0.15) is 45.1 Å². The van der Waals surface area contributed by atoms with E-state index in [-0.39, 0.29) is 5.91 Å². The van der Waals surface area contributed by atoms with Crippen LogP contribution in [-0.4, -0.2) is 24.1 Å². The van der Waals surface area contributed by atoms with E-state index >= 15 is 0 Å². The fourth-order valence-corrected chi connectivity index (χ4v) is 3.30. The molecule has 0 saturated heterocycles. The molecule has 2 heterocycles. The smallest absolute Gasteiger partial charge is 0.348 e. The minimum absolute atomic E-state index is 0.174. The molecule has 0 saturated carbocycles. The van der Waals surface area contributed by atoms with E-state index in [1.54, 1.807) is 33.8 Å². The Bertz CT molecular complexity index is 698. The molecule has 0 aromatic carbocycles. The molecule has 0 aliphatic heterocycles. The molecule has 2 aromatic rings. The van der Waals surface area contributed by atoms with E-state index < -0.39 is 11.9 Å². The second-order valence-electron chi connectivity index (χ2n) is 5.06. The highest BCUT2D eigenvalue weighted by molar-refractivity contribution is 7.18. The Morgan fingerprint density at radius 3 is 2.59 bits per heavy atom. The van der Waals surface area contributed by atoms with Gasteiger partial charge in [0.25, 0.3) is 0 Å². The van der Waals surface area contributed by atoms with Gasteiger partial charge in [-0.25, -0.2) is 4.79 Å². The Balaban J connectivity index is 2.17. The first kappa shape index (κ1) is 16.2. The van der Waals surface area contributed by atoms with Crippen molar-refractivity contribution in [1.29, 1.82) is 0 Å². The Labute approximate surface area is 132 Å². The van der Waals surface area contributed by atoms with Gasteiger partial charge < -0.3 is 14.6 Å². The van der Waals surface area contributed by atoms with Gasteiger partial charge in [-0.3, -0.25) is 4.79 Å². The van der Waals surface area contributed by atoms with Gasteiger partial charge in [0, 0.05) is 5.56 Å². The number of aryl methyl sites for hydroxylation is 3. The number of rotatable bonds is 4. The van der Waals surface area contributed by atoms with Gasteiger partial charge in [0.2, 0.25) is 5.91 Å². The Morgan fingerprint density at radius 2 is 2.05 bits per heavy atom. The summed E-state index contributed by atoms with van der Waals surface area (Å²) < 4.78 is 9.81. The number of nitrogens with zero attached hydrogens (tertiary/aromatic N) is 1. The molecule has 6 nitrogen and oxygen atoms in total. The Hall–Kier alpha value is -2.15. The number of methoxy groups -OCH3 is 1. The van der Waals surface area contributed by atoms with E-state index in [1.165, 1.54) is 18.4 Å². The summed E-state index contributed by atoms with van der Waals surface area (Å²) in [5, 5.41) is 7.31. The van der Waals surface area contributed by atoms with Crippen molar-refractivity contribution in [2.45, 2.75) is 33.6 Å². The summed E-state index contributed by atoms with van der Waals surface area (Å²) in [6.45, 7) is 7.18. The maximum absolute atomic E-state index is 12.4. The summed E-state index contributed by atoms with van der Waals surface area (Å²) in [5.74, 6) is -0.332. The molecular weight excluding hydrogens is 304 g/mol. The number of carbonyl (C=O) groups is 2. The number of amides is 1. The van der Waals surface area contributed by atoms with Crippen LogP contribution in [0.15, 0.2) is 10.6 Å². The molecule has 0 bridgehead atoms. The highest BCUT2D eigenvalue weighted by atomic mass is 32.1. The second kappa shape index (κ2) is 6.31. The second-order valence-corrected chi connectivity index (χ2v) is 6.12. The summed E-state index contributed by atoms with van der Waals surface area (Å²) in [6, 6.07) is 1.76. The minimum Gasteiger partial charge on any atom is -0.465 e. The summed E-state index contributed by atoms with van der Waals surface area (Å²) in [5.41, 5.74) is 2.27. The lowest BCUT2D eigenvalue weighted by molar-refractivity contribution is -0.117. The highest BCUT2D eigenvalue weighted by Crippen LogP contribution is 2.29. The van der Waals surface area contributed by atoms with Crippen molar-refractivity contribution < 1.29 is 18.8 Å². The van der Waals surface area contributed by atoms with Crippen LogP contribution in [0.3, 0.4) is 0 Å². The van der Waals surface area contributed by atoms with E-state index in [0.29, 0.717) is 21.3 Å². The molecular formula is C15H18N2O4S. The van der Waals surface area contributed by atoms with Crippen molar-refractivity contribution in [2.24, 2.45) is 0 Å². The monoisotopic (exact) mass is 322 g/mol. The predicted molar refractivity (Wildman–Crippen MR) is 83.4 cm³/mol. The first-order valence-electron chi connectivity index (χ1n) is 6.77. The van der Waals surface area contributed by atoms with Crippen molar-refractivity contribution in [1.82, 2.24) is 5.16 Å². The topological polar surface area (TPSA) is 81.4 Å². The zero-order valence-electron chi connectivity index (χ0n) is 13.1. The average molecular weight is 322 g/mol. The van der Waals surface area contributed by atoms with Crippen molar-refractivity contribution in [3.63, 3.8) is 0 Å². The van der Waals surface area contributed by atoms with Crippen LogP contribution in [0.4, 0.5) is 5.00 Å². The highest BCUT2D eigenvalue weighted by Gasteiger charge is 2.24. The lowest BCUT2D eigenvalue weighted by atomic mass is 9.99. The fraction of sp³-hybridized carbons (Fsp3) is 0.400. The standard InChI is InChI=1S/C15H18N2O4S/c1-7-6-11(22-13(7)15(19)20-5)16-14(18)8(2)12-9(3)17-21-10(12)4/h6,8H,1-5H3,(H,16,18)/t8-/m1/s1. The lowest BCUT2D eigenvalue weighted by Crippen LogP contribution is -2.19. The number of ether oxygens (including phenoxy) is 1. The van der Waals surface area contributed by atoms with Crippen molar-refractivity contribution in [3.8, 4) is 0 Å². The van der Waals surface area contributed by atoms with Crippen LogP contribution in [0.2, 0.25) is 0 Å². The lowest BCUT2D eigenvalue weighted by Gasteiger charge is -2.10. The average Bonchev–Trinajstić information content (AvgIpc) is 3.00. The number of thiophene rings is 1. The maximum Gasteiger partial charge on any atom is 0.348 e. The van der Waals surface area contributed by atoms with E-state index in [9.17, 15) is 9.59 Å². The van der Waals surface area contributed by atoms with E-state index in [2.05, 4.69) is 10.5 Å². The predicted octanol–water partition coefficient (Wildman–Crippen LogP) is 3.19. The maximum atomic E-state index is 12.4. The molecule has 22 heavy (non-hydrogen) atoms. The molecule has 0 aliphatic carbocycles. The van der Waals surface area contributed by atoms with E-state index in [0.717, 1.165) is 11.1 Å². The van der Waals surface area contributed by atoms with Gasteiger partial charge in [-0.2, -0.15) is 0 Å². The molecule has 1 N–H and O–H groups in total. The molecule has 0 radical (unpaired) electrons. The Kier molecular flexibility index (Phi) is 4.65. The third-order valence-corrected chi connectivity index (χ3v) is 4.58. The SMILES string of the molecule is COC(=O)c1sc(NC(=O)[C@H](C)c2c(C)noc2C)cc1C. The fourth-order valence-electron chi connectivity index (χ4n) is 2.31. The van der Waals surface area contributed by atoms with Gasteiger partial charge >= 0.3 is 5.97 Å². The summed E-state index contributed by atoms with van der Waals surface area (Å²) in [7, 11) is 1.33. The molecule has 7 heteroatoms. The molecule has 0 fully saturated rings. The first-order chi connectivity index (χ1) is 10.3. The first-order valence-corrected chi connectivity index (χ1v) is 7.59. The molecule has 2 aromatic heterocycles. The van der Waals surface area contributed by atoms with Crippen LogP contribution in [0, 0.1) is 20.8 Å². The minimum atomic E-state index is -0.401. The largest absolute Gasteiger partial charge is 0.465 e. The number of esters is 1. The van der Waals surface area contributed by atoms with Gasteiger partial charge in [-0.1, -0.05) is 5.16 Å². The van der Waals surface area contributed by atoms with Gasteiger partial charge in [0.1, 0.15) is 10.6 Å². The van der Waals surface area contributed by atoms with Gasteiger partial charge in [0.15, 0.2) is 0 Å².